The second-order valence-corrected chi connectivity index (χ2v) is 14.4. The molecular weight excluding hydrogens is 742 g/mol. The van der Waals surface area contributed by atoms with Crippen LogP contribution in [0.3, 0.4) is 0 Å². The summed E-state index contributed by atoms with van der Waals surface area (Å²) in [6.07, 6.45) is 3.23. The van der Waals surface area contributed by atoms with E-state index in [1.807, 2.05) is 0 Å². The summed E-state index contributed by atoms with van der Waals surface area (Å²) in [6.45, 7) is 0.0693. The molecule has 0 bridgehead atoms. The van der Waals surface area contributed by atoms with Gasteiger partial charge in [-0.1, -0.05) is 12.1 Å². The lowest BCUT2D eigenvalue weighted by Crippen LogP contribution is -2.58. The number of amides is 6. The maximum Gasteiger partial charge on any atom is 0.407 e. The second kappa shape index (κ2) is 21.9. The van der Waals surface area contributed by atoms with Gasteiger partial charge in [-0.3, -0.25) is 34.2 Å². The van der Waals surface area contributed by atoms with Crippen LogP contribution in [0.1, 0.15) is 69.8 Å². The number of carboxylic acid groups (broad SMARTS) is 1. The minimum Gasteiger partial charge on any atom is -0.508 e. The fourth-order valence-electron chi connectivity index (χ4n) is 7.05. The molecule has 57 heavy (non-hydrogen) atoms. The molecule has 4 unspecified atom stereocenters. The van der Waals surface area contributed by atoms with Gasteiger partial charge in [0.05, 0.1) is 19.6 Å². The number of phenolic OH excluding ortho intramolecular Hbond substituents is 1. The fourth-order valence-corrected chi connectivity index (χ4v) is 7.05. The molecule has 0 aromatic heterocycles. The van der Waals surface area contributed by atoms with E-state index >= 15 is 0 Å². The number of nitrogens with two attached hydrogens (primary N) is 1. The predicted octanol–water partition coefficient (Wildman–Crippen LogP) is -0.922. The lowest BCUT2D eigenvalue weighted by Gasteiger charge is -2.26. The maximum absolute atomic E-state index is 13.9. The van der Waals surface area contributed by atoms with Crippen molar-refractivity contribution in [2.45, 2.75) is 94.8 Å². The molecule has 310 valence electrons. The zero-order chi connectivity index (χ0) is 41.3. The summed E-state index contributed by atoms with van der Waals surface area (Å²) in [5, 5.41) is 44.4. The number of unbranched alkanes of at least 4 members (excludes halogenated alkanes) is 1. The number of alkyl carbamates (subject to hydrolysis) is 1. The highest BCUT2D eigenvalue weighted by Crippen LogP contribution is 2.52. The van der Waals surface area contributed by atoms with E-state index in [1.54, 1.807) is 0 Å². The van der Waals surface area contributed by atoms with Gasteiger partial charge in [-0.05, 0) is 80.4 Å². The smallest absolute Gasteiger partial charge is 0.407 e. The van der Waals surface area contributed by atoms with Gasteiger partial charge in [-0.15, -0.1) is 11.8 Å². The number of rotatable bonds is 15. The lowest BCUT2D eigenvalue weighted by atomic mass is 10.0. The van der Waals surface area contributed by atoms with Crippen LogP contribution in [0, 0.1) is 35.0 Å². The molecule has 1 aromatic carbocycles. The molecule has 1 heterocycles. The highest BCUT2D eigenvalue weighted by Gasteiger charge is 2.49. The fraction of sp³-hybridized carbons (Fsp3) is 0.579. The average molecular weight is 796 g/mol. The van der Waals surface area contributed by atoms with Gasteiger partial charge in [0.25, 0.3) is 0 Å². The van der Waals surface area contributed by atoms with Gasteiger partial charge in [-0.25, -0.2) is 4.79 Å². The normalized spacial score (nSPS) is 25.3. The first-order valence-corrected chi connectivity index (χ1v) is 19.2. The van der Waals surface area contributed by atoms with Crippen molar-refractivity contribution in [2.24, 2.45) is 23.5 Å². The minimum absolute atomic E-state index is 0.0352. The zero-order valence-corrected chi connectivity index (χ0v) is 31.7. The van der Waals surface area contributed by atoms with E-state index in [0.29, 0.717) is 42.8 Å². The van der Waals surface area contributed by atoms with Crippen LogP contribution in [0.4, 0.5) is 4.79 Å². The second-order valence-electron chi connectivity index (χ2n) is 14.4. The van der Waals surface area contributed by atoms with Gasteiger partial charge >= 0.3 is 12.1 Å². The van der Waals surface area contributed by atoms with Crippen molar-refractivity contribution in [3.8, 4) is 17.6 Å². The molecule has 1 saturated heterocycles. The van der Waals surface area contributed by atoms with Crippen molar-refractivity contribution in [3.63, 3.8) is 0 Å². The van der Waals surface area contributed by atoms with Crippen LogP contribution in [0.2, 0.25) is 0 Å². The number of ether oxygens (including phenoxy) is 1. The van der Waals surface area contributed by atoms with E-state index in [0.717, 1.165) is 25.7 Å². The van der Waals surface area contributed by atoms with Crippen LogP contribution >= 0.6 is 0 Å². The number of carbonyl (C=O) groups excluding carboxylic acids is 6. The molecule has 1 aromatic rings. The van der Waals surface area contributed by atoms with E-state index in [1.165, 1.54) is 24.3 Å². The molecule has 7 atom stereocenters. The highest BCUT2D eigenvalue weighted by molar-refractivity contribution is 5.98. The van der Waals surface area contributed by atoms with Gasteiger partial charge in [0.15, 0.2) is 5.96 Å². The molecule has 1 saturated carbocycles. The van der Waals surface area contributed by atoms with Crippen LogP contribution in [-0.2, 0) is 39.9 Å². The number of fused-ring (bicyclic) bond motifs is 1. The predicted molar refractivity (Wildman–Crippen MR) is 204 cm³/mol. The Morgan fingerprint density at radius 2 is 1.37 bits per heavy atom. The van der Waals surface area contributed by atoms with Crippen molar-refractivity contribution in [3.05, 3.63) is 29.8 Å². The minimum atomic E-state index is -1.63. The standard InChI is InChI=1S/C38H53N9O10/c39-37(40)41-17-7-11-27-33(52)43-20-31(49)44-30(19-32(50)51)36(55)47-29(18-22-12-14-23(48)15-13-22)35(54)46-28(34(53)45-27)10-5-6-16-42-38(56)57-21-26-24-8-3-1-2-4-9-25(24)26/h12-15,24-30,48H,3-11,16-21H2,(H,42,56)(H,43,52)(H,44,49)(H,45,53)(H,46,54)(H,47,55)(H,50,51)(H4,39,40,41)/t24-,25+,26-,27?,28?,29?,30?. The Bertz CT molecular complexity index is 1680. The number of hydrogen-bond acceptors (Lipinski definition) is 10. The van der Waals surface area contributed by atoms with E-state index in [-0.39, 0.29) is 50.5 Å². The monoisotopic (exact) mass is 795 g/mol. The number of hydrogen-bond donors (Lipinski definition) is 11. The third-order valence-electron chi connectivity index (χ3n) is 10.1. The van der Waals surface area contributed by atoms with Crippen LogP contribution in [0.25, 0.3) is 0 Å². The SMILES string of the molecule is N=C(N)NCCCC1NC(=O)C(CCCCNC(=O)OC[C@@H]2[C@@H]3CCC#CCC[C@@H]32)NC(=O)C(Cc2ccc(O)cc2)NC(=O)C(CC(=O)O)NC(=O)CNC1=O. The van der Waals surface area contributed by atoms with Crippen LogP contribution < -0.4 is 43.0 Å². The van der Waals surface area contributed by atoms with E-state index in [4.69, 9.17) is 15.9 Å². The number of benzene rings is 1. The molecule has 19 heteroatoms. The van der Waals surface area contributed by atoms with Gasteiger partial charge in [0.2, 0.25) is 29.5 Å². The molecule has 19 nitrogen and oxygen atoms in total. The van der Waals surface area contributed by atoms with Crippen molar-refractivity contribution in [1.29, 1.82) is 5.41 Å². The Kier molecular flexibility index (Phi) is 16.8. The zero-order valence-electron chi connectivity index (χ0n) is 31.7. The Morgan fingerprint density at radius 1 is 0.789 bits per heavy atom. The lowest BCUT2D eigenvalue weighted by molar-refractivity contribution is -0.141. The Hall–Kier alpha value is -6.06. The number of phenols is 1. The Morgan fingerprint density at radius 3 is 2.02 bits per heavy atom. The van der Waals surface area contributed by atoms with Crippen molar-refractivity contribution in [2.75, 3.05) is 26.2 Å². The summed E-state index contributed by atoms with van der Waals surface area (Å²) in [5.41, 5.74) is 5.85. The first-order valence-electron chi connectivity index (χ1n) is 19.2. The molecule has 6 amide bonds. The van der Waals surface area contributed by atoms with Gasteiger partial charge < -0.3 is 57.9 Å². The highest BCUT2D eigenvalue weighted by atomic mass is 16.5. The molecule has 0 radical (unpaired) electrons. The first-order chi connectivity index (χ1) is 27.3. The van der Waals surface area contributed by atoms with Gasteiger partial charge in [0.1, 0.15) is 29.9 Å². The van der Waals surface area contributed by atoms with Crippen molar-refractivity contribution in [1.82, 2.24) is 37.2 Å². The Balaban J connectivity index is 1.46. The molecule has 3 aliphatic rings. The largest absolute Gasteiger partial charge is 0.508 e. The quantitative estimate of drug-likeness (QED) is 0.0445. The summed E-state index contributed by atoms with van der Waals surface area (Å²) in [4.78, 5) is 91.4. The van der Waals surface area contributed by atoms with E-state index < -0.39 is 78.7 Å². The number of aromatic hydroxyl groups is 1. The third kappa shape index (κ3) is 14.8. The number of guanidine groups is 1. The molecule has 2 aliphatic carbocycles. The molecule has 4 rings (SSSR count). The summed E-state index contributed by atoms with van der Waals surface area (Å²) < 4.78 is 5.48. The van der Waals surface area contributed by atoms with E-state index in [9.17, 15) is 43.8 Å². The molecular formula is C38H53N9O10. The van der Waals surface area contributed by atoms with Crippen LogP contribution in [-0.4, -0.2) is 108 Å². The maximum atomic E-state index is 13.9. The first kappa shape index (κ1) is 43.7. The van der Waals surface area contributed by atoms with E-state index in [2.05, 4.69) is 49.1 Å². The molecule has 0 spiro atoms. The van der Waals surface area contributed by atoms with Crippen LogP contribution in [0.15, 0.2) is 24.3 Å². The molecule has 1 aliphatic heterocycles. The average Bonchev–Trinajstić information content (AvgIpc) is 3.81. The van der Waals surface area contributed by atoms with Crippen molar-refractivity contribution >= 4 is 47.6 Å². The summed E-state index contributed by atoms with van der Waals surface area (Å²) >= 11 is 0. The van der Waals surface area contributed by atoms with Gasteiger partial charge in [-0.2, -0.15) is 0 Å². The topological polar surface area (TPSA) is 303 Å². The summed E-state index contributed by atoms with van der Waals surface area (Å²) in [6, 6.07) is 0.317. The number of aliphatic carboxylic acids is 1. The Labute approximate surface area is 330 Å². The number of nitrogens with one attached hydrogen (secondary N) is 8. The molecule has 2 fully saturated rings. The summed E-state index contributed by atoms with van der Waals surface area (Å²) in [7, 11) is 0. The third-order valence-corrected chi connectivity index (χ3v) is 10.1. The van der Waals surface area contributed by atoms with Crippen molar-refractivity contribution < 1.29 is 48.5 Å². The number of carboxylic acids is 1. The molecule has 12 N–H and O–H groups in total. The van der Waals surface area contributed by atoms with Crippen LogP contribution in [0.5, 0.6) is 5.75 Å². The summed E-state index contributed by atoms with van der Waals surface area (Å²) in [5.74, 6) is 1.72. The van der Waals surface area contributed by atoms with Gasteiger partial charge in [0, 0.05) is 32.4 Å². The number of carbonyl (C=O) groups is 7.